The molecule has 0 aliphatic rings. The van der Waals surface area contributed by atoms with Gasteiger partial charge in [-0.05, 0) is 31.2 Å². The van der Waals surface area contributed by atoms with Crippen LogP contribution in [-0.2, 0) is 4.79 Å². The lowest BCUT2D eigenvalue weighted by molar-refractivity contribution is -0.112. The van der Waals surface area contributed by atoms with E-state index in [0.29, 0.717) is 23.7 Å². The van der Waals surface area contributed by atoms with E-state index >= 15 is 0 Å². The van der Waals surface area contributed by atoms with E-state index < -0.39 is 5.91 Å². The molecule has 1 heterocycles. The van der Waals surface area contributed by atoms with Crippen molar-refractivity contribution in [3.63, 3.8) is 0 Å². The molecule has 1 amide bonds. The average Bonchev–Trinajstić information content (AvgIpc) is 2.58. The normalized spacial score (nSPS) is 10.6. The van der Waals surface area contributed by atoms with E-state index in [1.54, 1.807) is 30.3 Å². The molecular weight excluding hydrogens is 302 g/mol. The minimum atomic E-state index is -0.519. The number of nitrogens with zero attached hydrogens (tertiary/aromatic N) is 2. The number of anilines is 1. The average molecular weight is 319 g/mol. The molecule has 1 aromatic carbocycles. The highest BCUT2D eigenvalue weighted by Gasteiger charge is 2.11. The highest BCUT2D eigenvalue weighted by molar-refractivity contribution is 6.09. The molecule has 0 bridgehead atoms. The number of nitriles is 1. The minimum Gasteiger partial charge on any atom is -0.489 e. The summed E-state index contributed by atoms with van der Waals surface area (Å²) in [6, 6.07) is 14.4. The van der Waals surface area contributed by atoms with Gasteiger partial charge in [0, 0.05) is 11.3 Å². The van der Waals surface area contributed by atoms with E-state index in [2.05, 4.69) is 16.9 Å². The number of benzene rings is 1. The predicted octanol–water partition coefficient (Wildman–Crippen LogP) is 3.50. The minimum absolute atomic E-state index is 0.0343. The van der Waals surface area contributed by atoms with Gasteiger partial charge in [-0.25, -0.2) is 4.98 Å². The Kier molecular flexibility index (Phi) is 5.87. The van der Waals surface area contributed by atoms with E-state index in [-0.39, 0.29) is 5.57 Å². The Balaban J connectivity index is 2.24. The zero-order valence-electron chi connectivity index (χ0n) is 13.3. The molecule has 2 aromatic rings. The molecule has 0 fully saturated rings. The van der Waals surface area contributed by atoms with Crippen LogP contribution in [0.5, 0.6) is 5.75 Å². The number of carbonyl (C=O) groups excluding carboxylic acids is 1. The molecule has 0 atom stereocenters. The first kappa shape index (κ1) is 17.0. The molecule has 120 valence electrons. The van der Waals surface area contributed by atoms with Gasteiger partial charge in [-0.2, -0.15) is 5.26 Å². The summed E-state index contributed by atoms with van der Waals surface area (Å²) in [7, 11) is 0. The summed E-state index contributed by atoms with van der Waals surface area (Å²) in [5.41, 5.74) is 1.38. The van der Waals surface area contributed by atoms with Crippen molar-refractivity contribution in [2.45, 2.75) is 6.92 Å². The first-order valence-electron chi connectivity index (χ1n) is 7.33. The predicted molar refractivity (Wildman–Crippen MR) is 93.3 cm³/mol. The quantitative estimate of drug-likeness (QED) is 0.502. The lowest BCUT2D eigenvalue weighted by Gasteiger charge is -2.08. The molecule has 2 rings (SSSR count). The lowest BCUT2D eigenvalue weighted by atomic mass is 10.1. The Morgan fingerprint density at radius 2 is 2.12 bits per heavy atom. The van der Waals surface area contributed by atoms with E-state index in [0.717, 1.165) is 5.69 Å². The van der Waals surface area contributed by atoms with Gasteiger partial charge in [0.1, 0.15) is 29.8 Å². The fraction of sp³-hybridized carbons (Fsp3) is 0.105. The molecule has 0 aliphatic carbocycles. The van der Waals surface area contributed by atoms with E-state index in [1.807, 2.05) is 31.2 Å². The molecule has 0 radical (unpaired) electrons. The summed E-state index contributed by atoms with van der Waals surface area (Å²) in [6.45, 7) is 5.76. The Bertz CT molecular complexity index is 819. The third-order valence-electron chi connectivity index (χ3n) is 3.07. The van der Waals surface area contributed by atoms with Crippen LogP contribution in [0.25, 0.3) is 6.08 Å². The number of pyridine rings is 1. The van der Waals surface area contributed by atoms with Gasteiger partial charge in [-0.15, -0.1) is 0 Å². The maximum absolute atomic E-state index is 12.3. The van der Waals surface area contributed by atoms with Crippen LogP contribution in [-0.4, -0.2) is 17.5 Å². The summed E-state index contributed by atoms with van der Waals surface area (Å²) < 4.78 is 5.53. The van der Waals surface area contributed by atoms with Gasteiger partial charge in [-0.3, -0.25) is 4.79 Å². The fourth-order valence-corrected chi connectivity index (χ4v) is 1.98. The van der Waals surface area contributed by atoms with Crippen molar-refractivity contribution in [3.05, 3.63) is 72.0 Å². The van der Waals surface area contributed by atoms with Gasteiger partial charge in [-0.1, -0.05) is 36.9 Å². The standard InChI is InChI=1S/C19H17N3O2/c1-3-11-24-17-9-5-4-8-15(17)12-16(13-20)19(23)22-18-10-6-7-14(2)21-18/h3-10,12H,1,11H2,2H3,(H,21,22,23). The summed E-state index contributed by atoms with van der Waals surface area (Å²) >= 11 is 0. The van der Waals surface area contributed by atoms with E-state index in [1.165, 1.54) is 6.08 Å². The highest BCUT2D eigenvalue weighted by Crippen LogP contribution is 2.21. The molecule has 24 heavy (non-hydrogen) atoms. The molecule has 0 saturated carbocycles. The molecule has 0 saturated heterocycles. The topological polar surface area (TPSA) is 75.0 Å². The Labute approximate surface area is 140 Å². The highest BCUT2D eigenvalue weighted by atomic mass is 16.5. The molecule has 0 spiro atoms. The number of hydrogen-bond donors (Lipinski definition) is 1. The molecule has 1 N–H and O–H groups in total. The molecule has 0 unspecified atom stereocenters. The van der Waals surface area contributed by atoms with Crippen molar-refractivity contribution >= 4 is 17.8 Å². The Morgan fingerprint density at radius 3 is 2.83 bits per heavy atom. The summed E-state index contributed by atoms with van der Waals surface area (Å²) in [4.78, 5) is 16.5. The second kappa shape index (κ2) is 8.30. The lowest BCUT2D eigenvalue weighted by Crippen LogP contribution is -2.14. The maximum Gasteiger partial charge on any atom is 0.267 e. The second-order valence-electron chi connectivity index (χ2n) is 4.93. The van der Waals surface area contributed by atoms with Crippen LogP contribution in [0.15, 0.2) is 60.7 Å². The summed E-state index contributed by atoms with van der Waals surface area (Å²) in [5, 5.41) is 11.9. The number of para-hydroxylation sites is 1. The Morgan fingerprint density at radius 1 is 1.33 bits per heavy atom. The summed E-state index contributed by atoms with van der Waals surface area (Å²) in [5.74, 6) is 0.457. The molecule has 0 aliphatic heterocycles. The van der Waals surface area contributed by atoms with Gasteiger partial charge >= 0.3 is 0 Å². The van der Waals surface area contributed by atoms with Crippen molar-refractivity contribution in [1.82, 2.24) is 4.98 Å². The van der Waals surface area contributed by atoms with Crippen LogP contribution >= 0.6 is 0 Å². The number of amides is 1. The first-order valence-corrected chi connectivity index (χ1v) is 7.33. The number of ether oxygens (including phenoxy) is 1. The third-order valence-corrected chi connectivity index (χ3v) is 3.07. The van der Waals surface area contributed by atoms with Crippen molar-refractivity contribution in [2.24, 2.45) is 0 Å². The van der Waals surface area contributed by atoms with Crippen LogP contribution in [0, 0.1) is 18.3 Å². The van der Waals surface area contributed by atoms with Crippen LogP contribution in [0.4, 0.5) is 5.82 Å². The van der Waals surface area contributed by atoms with Gasteiger partial charge in [0.05, 0.1) is 0 Å². The number of aryl methyl sites for hydroxylation is 1. The third kappa shape index (κ3) is 4.55. The van der Waals surface area contributed by atoms with Crippen molar-refractivity contribution in [1.29, 1.82) is 5.26 Å². The van der Waals surface area contributed by atoms with Crippen LogP contribution in [0.2, 0.25) is 0 Å². The monoisotopic (exact) mass is 319 g/mol. The molecule has 5 heteroatoms. The fourth-order valence-electron chi connectivity index (χ4n) is 1.98. The molecular formula is C19H17N3O2. The van der Waals surface area contributed by atoms with Gasteiger partial charge in [0.2, 0.25) is 0 Å². The smallest absolute Gasteiger partial charge is 0.267 e. The number of hydrogen-bond acceptors (Lipinski definition) is 4. The number of aromatic nitrogens is 1. The number of nitrogens with one attached hydrogen (secondary N) is 1. The van der Waals surface area contributed by atoms with Crippen molar-refractivity contribution in [2.75, 3.05) is 11.9 Å². The van der Waals surface area contributed by atoms with E-state index in [9.17, 15) is 10.1 Å². The van der Waals surface area contributed by atoms with Gasteiger partial charge < -0.3 is 10.1 Å². The van der Waals surface area contributed by atoms with Gasteiger partial charge in [0.15, 0.2) is 0 Å². The van der Waals surface area contributed by atoms with Gasteiger partial charge in [0.25, 0.3) is 5.91 Å². The van der Waals surface area contributed by atoms with Crippen molar-refractivity contribution < 1.29 is 9.53 Å². The first-order chi connectivity index (χ1) is 11.6. The largest absolute Gasteiger partial charge is 0.489 e. The molecule has 1 aromatic heterocycles. The van der Waals surface area contributed by atoms with Crippen LogP contribution < -0.4 is 10.1 Å². The maximum atomic E-state index is 12.3. The van der Waals surface area contributed by atoms with Crippen molar-refractivity contribution in [3.8, 4) is 11.8 Å². The van der Waals surface area contributed by atoms with E-state index in [4.69, 9.17) is 4.74 Å². The van der Waals surface area contributed by atoms with Crippen LogP contribution in [0.1, 0.15) is 11.3 Å². The SMILES string of the molecule is C=CCOc1ccccc1C=C(C#N)C(=O)Nc1cccc(C)n1. The van der Waals surface area contributed by atoms with Crippen LogP contribution in [0.3, 0.4) is 0 Å². The zero-order chi connectivity index (χ0) is 17.4. The second-order valence-corrected chi connectivity index (χ2v) is 4.93. The number of rotatable bonds is 6. The summed E-state index contributed by atoms with van der Waals surface area (Å²) in [6.07, 6.45) is 3.12. The molecule has 5 nitrogen and oxygen atoms in total. The zero-order valence-corrected chi connectivity index (χ0v) is 13.3. The Hall–Kier alpha value is -3.39. The number of carbonyl (C=O) groups is 1.